The van der Waals surface area contributed by atoms with E-state index in [1.165, 1.54) is 36.5 Å². The average molecular weight is 307 g/mol. The number of carboxylic acid groups (broad SMARTS) is 1. The second kappa shape index (κ2) is 5.53. The van der Waals surface area contributed by atoms with Crippen LogP contribution in [0.5, 0.6) is 11.6 Å². The van der Waals surface area contributed by atoms with Crippen molar-refractivity contribution in [2.24, 2.45) is 0 Å². The van der Waals surface area contributed by atoms with Gasteiger partial charge in [0.15, 0.2) is 9.84 Å². The first-order valence-electron chi connectivity index (χ1n) is 5.96. The number of aryl methyl sites for hydroxylation is 1. The number of nitrogens with zero attached hydrogens (tertiary/aromatic N) is 1. The maximum atomic E-state index is 11.7. The maximum Gasteiger partial charge on any atom is 0.335 e. The van der Waals surface area contributed by atoms with Gasteiger partial charge in [-0.2, -0.15) is 0 Å². The predicted octanol–water partition coefficient (Wildman–Crippen LogP) is 2.28. The number of hydrogen-bond donors (Lipinski definition) is 1. The van der Waals surface area contributed by atoms with Gasteiger partial charge in [0, 0.05) is 12.5 Å². The SMILES string of the molecule is Cc1cc(C(=O)O)ccc1Oc1ncccc1S(C)(=O)=O. The lowest BCUT2D eigenvalue weighted by molar-refractivity contribution is 0.0696. The van der Waals surface area contributed by atoms with Crippen LogP contribution in [0.4, 0.5) is 0 Å². The largest absolute Gasteiger partial charge is 0.478 e. The molecule has 21 heavy (non-hydrogen) atoms. The van der Waals surface area contributed by atoms with Gasteiger partial charge in [0.05, 0.1) is 5.56 Å². The van der Waals surface area contributed by atoms with Crippen LogP contribution in [-0.4, -0.2) is 30.7 Å². The fourth-order valence-corrected chi connectivity index (χ4v) is 2.47. The number of carboxylic acids is 1. The molecule has 110 valence electrons. The Hall–Kier alpha value is -2.41. The number of pyridine rings is 1. The van der Waals surface area contributed by atoms with Crippen LogP contribution in [0.2, 0.25) is 0 Å². The summed E-state index contributed by atoms with van der Waals surface area (Å²) >= 11 is 0. The summed E-state index contributed by atoms with van der Waals surface area (Å²) in [5.41, 5.74) is 0.698. The quantitative estimate of drug-likeness (QED) is 0.931. The molecule has 0 amide bonds. The molecule has 0 bridgehead atoms. The first-order valence-corrected chi connectivity index (χ1v) is 7.85. The Morgan fingerprint density at radius 3 is 2.57 bits per heavy atom. The summed E-state index contributed by atoms with van der Waals surface area (Å²) in [5, 5.41) is 8.91. The van der Waals surface area contributed by atoms with Crippen molar-refractivity contribution in [3.05, 3.63) is 47.7 Å². The van der Waals surface area contributed by atoms with E-state index in [9.17, 15) is 13.2 Å². The summed E-state index contributed by atoms with van der Waals surface area (Å²) in [6, 6.07) is 7.20. The molecular weight excluding hydrogens is 294 g/mol. The fraction of sp³-hybridized carbons (Fsp3) is 0.143. The Kier molecular flexibility index (Phi) is 3.95. The van der Waals surface area contributed by atoms with E-state index in [0.29, 0.717) is 11.3 Å². The van der Waals surface area contributed by atoms with Gasteiger partial charge in [-0.25, -0.2) is 18.2 Å². The molecule has 1 heterocycles. The van der Waals surface area contributed by atoms with Crippen LogP contribution in [0.25, 0.3) is 0 Å². The third-order valence-corrected chi connectivity index (χ3v) is 3.87. The van der Waals surface area contributed by atoms with Crippen LogP contribution in [0.1, 0.15) is 15.9 Å². The van der Waals surface area contributed by atoms with Gasteiger partial charge in [-0.1, -0.05) is 0 Å². The number of sulfone groups is 1. The third-order valence-electron chi connectivity index (χ3n) is 2.76. The van der Waals surface area contributed by atoms with Crippen molar-refractivity contribution in [1.82, 2.24) is 4.98 Å². The second-order valence-electron chi connectivity index (χ2n) is 4.47. The van der Waals surface area contributed by atoms with Gasteiger partial charge in [-0.05, 0) is 42.8 Å². The lowest BCUT2D eigenvalue weighted by Gasteiger charge is -2.11. The Labute approximate surface area is 121 Å². The minimum absolute atomic E-state index is 0.0216. The molecule has 1 aromatic heterocycles. The summed E-state index contributed by atoms with van der Waals surface area (Å²) in [6.07, 6.45) is 2.49. The number of aromatic nitrogens is 1. The summed E-state index contributed by atoms with van der Waals surface area (Å²) < 4.78 is 28.9. The standard InChI is InChI=1S/C14H13NO5S/c1-9-8-10(14(16)17)5-6-11(9)20-13-12(21(2,18)19)4-3-7-15-13/h3-8H,1-2H3,(H,16,17). The van der Waals surface area contributed by atoms with Crippen molar-refractivity contribution < 1.29 is 23.1 Å². The predicted molar refractivity (Wildman–Crippen MR) is 75.6 cm³/mol. The number of rotatable bonds is 4. The van der Waals surface area contributed by atoms with Crippen molar-refractivity contribution in [3.8, 4) is 11.6 Å². The molecule has 6 nitrogen and oxygen atoms in total. The molecule has 1 N–H and O–H groups in total. The van der Waals surface area contributed by atoms with Crippen LogP contribution in [0, 0.1) is 6.92 Å². The Bertz CT molecular complexity index is 799. The minimum atomic E-state index is -3.47. The van der Waals surface area contributed by atoms with E-state index in [1.807, 2.05) is 0 Å². The normalized spacial score (nSPS) is 11.1. The van der Waals surface area contributed by atoms with E-state index < -0.39 is 15.8 Å². The second-order valence-corrected chi connectivity index (χ2v) is 6.45. The smallest absolute Gasteiger partial charge is 0.335 e. The molecule has 0 saturated heterocycles. The minimum Gasteiger partial charge on any atom is -0.478 e. The van der Waals surface area contributed by atoms with Gasteiger partial charge in [0.2, 0.25) is 5.88 Å². The van der Waals surface area contributed by atoms with E-state index in [2.05, 4.69) is 4.98 Å². The number of aromatic carboxylic acids is 1. The molecule has 0 saturated carbocycles. The lowest BCUT2D eigenvalue weighted by Crippen LogP contribution is -2.03. The van der Waals surface area contributed by atoms with Gasteiger partial charge in [-0.15, -0.1) is 0 Å². The molecule has 0 atom stereocenters. The van der Waals surface area contributed by atoms with Crippen molar-refractivity contribution in [2.45, 2.75) is 11.8 Å². The highest BCUT2D eigenvalue weighted by Gasteiger charge is 2.17. The summed E-state index contributed by atoms with van der Waals surface area (Å²) in [7, 11) is -3.47. The number of carbonyl (C=O) groups is 1. The van der Waals surface area contributed by atoms with Crippen molar-refractivity contribution in [1.29, 1.82) is 0 Å². The van der Waals surface area contributed by atoms with Crippen molar-refractivity contribution in [2.75, 3.05) is 6.26 Å². The maximum absolute atomic E-state index is 11.7. The molecule has 0 radical (unpaired) electrons. The Morgan fingerprint density at radius 1 is 1.29 bits per heavy atom. The fourth-order valence-electron chi connectivity index (χ4n) is 1.74. The van der Waals surface area contributed by atoms with Gasteiger partial charge < -0.3 is 9.84 Å². The summed E-state index contributed by atoms with van der Waals surface area (Å²) in [6.45, 7) is 1.67. The van der Waals surface area contributed by atoms with Crippen LogP contribution in [0.3, 0.4) is 0 Å². The van der Waals surface area contributed by atoms with Crippen LogP contribution in [-0.2, 0) is 9.84 Å². The zero-order chi connectivity index (χ0) is 15.6. The van der Waals surface area contributed by atoms with Gasteiger partial charge >= 0.3 is 5.97 Å². The van der Waals surface area contributed by atoms with E-state index in [1.54, 1.807) is 6.92 Å². The molecule has 0 unspecified atom stereocenters. The first-order chi connectivity index (χ1) is 9.79. The molecule has 2 rings (SSSR count). The first kappa shape index (κ1) is 15.0. The Balaban J connectivity index is 2.42. The molecule has 2 aromatic rings. The average Bonchev–Trinajstić information content (AvgIpc) is 2.40. The summed E-state index contributed by atoms with van der Waals surface area (Å²) in [5.74, 6) is -0.728. The molecule has 0 spiro atoms. The Morgan fingerprint density at radius 2 is 2.00 bits per heavy atom. The van der Waals surface area contributed by atoms with Crippen LogP contribution >= 0.6 is 0 Å². The van der Waals surface area contributed by atoms with E-state index in [0.717, 1.165) is 6.26 Å². The zero-order valence-corrected chi connectivity index (χ0v) is 12.2. The van der Waals surface area contributed by atoms with E-state index in [4.69, 9.17) is 9.84 Å². The van der Waals surface area contributed by atoms with Gasteiger partial charge in [-0.3, -0.25) is 0 Å². The van der Waals surface area contributed by atoms with E-state index in [-0.39, 0.29) is 16.3 Å². The molecule has 0 fully saturated rings. The zero-order valence-electron chi connectivity index (χ0n) is 11.4. The van der Waals surface area contributed by atoms with Crippen LogP contribution < -0.4 is 4.74 Å². The van der Waals surface area contributed by atoms with E-state index >= 15 is 0 Å². The van der Waals surface area contributed by atoms with Crippen molar-refractivity contribution in [3.63, 3.8) is 0 Å². The molecule has 1 aromatic carbocycles. The number of hydrogen-bond acceptors (Lipinski definition) is 5. The molecule has 0 aliphatic carbocycles. The third kappa shape index (κ3) is 3.38. The number of ether oxygens (including phenoxy) is 1. The van der Waals surface area contributed by atoms with Gasteiger partial charge in [0.1, 0.15) is 10.6 Å². The van der Waals surface area contributed by atoms with Gasteiger partial charge in [0.25, 0.3) is 0 Å². The highest BCUT2D eigenvalue weighted by atomic mass is 32.2. The number of benzene rings is 1. The van der Waals surface area contributed by atoms with Crippen LogP contribution in [0.15, 0.2) is 41.4 Å². The highest BCUT2D eigenvalue weighted by molar-refractivity contribution is 7.90. The molecule has 0 aliphatic rings. The topological polar surface area (TPSA) is 93.6 Å². The molecule has 7 heteroatoms. The van der Waals surface area contributed by atoms with Crippen molar-refractivity contribution >= 4 is 15.8 Å². The monoisotopic (exact) mass is 307 g/mol. The lowest BCUT2D eigenvalue weighted by atomic mass is 10.1. The molecular formula is C14H13NO5S. The molecule has 0 aliphatic heterocycles. The highest BCUT2D eigenvalue weighted by Crippen LogP contribution is 2.29. The summed E-state index contributed by atoms with van der Waals surface area (Å²) in [4.78, 5) is 14.8.